The molecule has 1 heterocycles. The maximum absolute atomic E-state index is 12.5. The van der Waals surface area contributed by atoms with Crippen molar-refractivity contribution in [3.8, 4) is 0 Å². The van der Waals surface area contributed by atoms with Crippen molar-refractivity contribution < 1.29 is 9.18 Å². The topological polar surface area (TPSA) is 66.9 Å². The predicted molar refractivity (Wildman–Crippen MR) is 58.4 cm³/mol. The molecule has 0 aliphatic carbocycles. The van der Waals surface area contributed by atoms with Gasteiger partial charge in [-0.15, -0.1) is 0 Å². The summed E-state index contributed by atoms with van der Waals surface area (Å²) >= 11 is 0. The lowest BCUT2D eigenvalue weighted by Crippen LogP contribution is -2.31. The second-order valence-electron chi connectivity index (χ2n) is 3.62. The fourth-order valence-corrected chi connectivity index (χ4v) is 1.09. The smallest absolute Gasteiger partial charge is 0.222 e. The molecular weight excluding hydrogens is 211 g/mol. The number of carbonyl (C=O) groups excluding carboxylic acids is 1. The van der Waals surface area contributed by atoms with Gasteiger partial charge in [-0.3, -0.25) is 4.79 Å². The van der Waals surface area contributed by atoms with E-state index in [4.69, 9.17) is 0 Å². The molecule has 0 aliphatic rings. The summed E-state index contributed by atoms with van der Waals surface area (Å²) < 4.78 is 12.5. The van der Waals surface area contributed by atoms with Gasteiger partial charge in [0.2, 0.25) is 11.9 Å². The number of rotatable bonds is 5. The van der Waals surface area contributed by atoms with Gasteiger partial charge in [-0.2, -0.15) is 0 Å². The molecular formula is C10H15FN4O. The van der Waals surface area contributed by atoms with Crippen LogP contribution < -0.4 is 10.6 Å². The van der Waals surface area contributed by atoms with Gasteiger partial charge < -0.3 is 10.6 Å². The molecule has 0 aromatic carbocycles. The van der Waals surface area contributed by atoms with Gasteiger partial charge >= 0.3 is 0 Å². The van der Waals surface area contributed by atoms with Crippen LogP contribution in [0.2, 0.25) is 0 Å². The molecule has 2 N–H and O–H groups in total. The highest BCUT2D eigenvalue weighted by Crippen LogP contribution is 1.97. The van der Waals surface area contributed by atoms with Crippen LogP contribution >= 0.6 is 0 Å². The third-order valence-corrected chi connectivity index (χ3v) is 1.71. The quantitative estimate of drug-likeness (QED) is 0.784. The van der Waals surface area contributed by atoms with Crippen LogP contribution in [0, 0.1) is 5.82 Å². The van der Waals surface area contributed by atoms with Crippen molar-refractivity contribution in [2.24, 2.45) is 0 Å². The standard InChI is InChI=1S/C10H15FN4O/c1-7(2)15-9(16)3-4-12-10-13-5-8(11)6-14-10/h5-7H,3-4H2,1-2H3,(H,15,16)(H,12,13,14). The minimum Gasteiger partial charge on any atom is -0.354 e. The fraction of sp³-hybridized carbons (Fsp3) is 0.500. The van der Waals surface area contributed by atoms with E-state index in [0.717, 1.165) is 12.4 Å². The van der Waals surface area contributed by atoms with E-state index in [1.54, 1.807) is 0 Å². The van der Waals surface area contributed by atoms with Crippen LogP contribution in [0.4, 0.5) is 10.3 Å². The van der Waals surface area contributed by atoms with E-state index in [1.807, 2.05) is 13.8 Å². The van der Waals surface area contributed by atoms with Crippen LogP contribution in [0.5, 0.6) is 0 Å². The van der Waals surface area contributed by atoms with Crippen molar-refractivity contribution in [1.82, 2.24) is 15.3 Å². The van der Waals surface area contributed by atoms with Crippen molar-refractivity contribution in [1.29, 1.82) is 0 Å². The van der Waals surface area contributed by atoms with Crippen LogP contribution in [0.1, 0.15) is 20.3 Å². The number of anilines is 1. The SMILES string of the molecule is CC(C)NC(=O)CCNc1ncc(F)cn1. The molecule has 6 heteroatoms. The Morgan fingerprint density at radius 3 is 2.62 bits per heavy atom. The zero-order chi connectivity index (χ0) is 12.0. The summed E-state index contributed by atoms with van der Waals surface area (Å²) in [6, 6.07) is 0.134. The number of halogens is 1. The summed E-state index contributed by atoms with van der Waals surface area (Å²) in [5.74, 6) is -0.202. The molecule has 0 radical (unpaired) electrons. The van der Waals surface area contributed by atoms with Crippen molar-refractivity contribution in [3.05, 3.63) is 18.2 Å². The van der Waals surface area contributed by atoms with Crippen LogP contribution in [0.3, 0.4) is 0 Å². The first kappa shape index (κ1) is 12.4. The van der Waals surface area contributed by atoms with Gasteiger partial charge in [0.15, 0.2) is 5.82 Å². The Balaban J connectivity index is 2.25. The molecule has 16 heavy (non-hydrogen) atoms. The predicted octanol–water partition coefficient (Wildman–Crippen LogP) is 0.942. The lowest BCUT2D eigenvalue weighted by Gasteiger charge is -2.08. The number of hydrogen-bond donors (Lipinski definition) is 2. The molecule has 0 spiro atoms. The fourth-order valence-electron chi connectivity index (χ4n) is 1.09. The minimum atomic E-state index is -0.483. The molecule has 0 atom stereocenters. The third kappa shape index (κ3) is 4.68. The summed E-state index contributed by atoms with van der Waals surface area (Å²) in [6.07, 6.45) is 2.48. The molecule has 0 bridgehead atoms. The van der Waals surface area contributed by atoms with Crippen molar-refractivity contribution in [2.75, 3.05) is 11.9 Å². The Hall–Kier alpha value is -1.72. The molecule has 5 nitrogen and oxygen atoms in total. The summed E-state index contributed by atoms with van der Waals surface area (Å²) in [5, 5.41) is 5.58. The first-order valence-corrected chi connectivity index (χ1v) is 5.08. The van der Waals surface area contributed by atoms with E-state index in [-0.39, 0.29) is 11.9 Å². The lowest BCUT2D eigenvalue weighted by molar-refractivity contribution is -0.121. The van der Waals surface area contributed by atoms with Crippen molar-refractivity contribution in [3.63, 3.8) is 0 Å². The van der Waals surface area contributed by atoms with Gasteiger partial charge in [0, 0.05) is 19.0 Å². The third-order valence-electron chi connectivity index (χ3n) is 1.71. The Kier molecular flexibility index (Phi) is 4.63. The monoisotopic (exact) mass is 226 g/mol. The van der Waals surface area contributed by atoms with E-state index in [1.165, 1.54) is 0 Å². The average Bonchev–Trinajstić information content (AvgIpc) is 2.20. The molecule has 0 unspecified atom stereocenters. The number of nitrogens with zero attached hydrogens (tertiary/aromatic N) is 2. The zero-order valence-corrected chi connectivity index (χ0v) is 9.33. The maximum atomic E-state index is 12.5. The molecule has 0 saturated carbocycles. The number of hydrogen-bond acceptors (Lipinski definition) is 4. The Morgan fingerprint density at radius 1 is 1.44 bits per heavy atom. The molecule has 0 saturated heterocycles. The minimum absolute atomic E-state index is 0.0374. The summed E-state index contributed by atoms with van der Waals surface area (Å²) in [5.41, 5.74) is 0. The number of carbonyl (C=O) groups is 1. The van der Waals surface area contributed by atoms with Gasteiger partial charge in [-0.25, -0.2) is 14.4 Å². The highest BCUT2D eigenvalue weighted by molar-refractivity contribution is 5.76. The van der Waals surface area contributed by atoms with Crippen LogP contribution in [0.25, 0.3) is 0 Å². The largest absolute Gasteiger partial charge is 0.354 e. The lowest BCUT2D eigenvalue weighted by atomic mass is 10.3. The van der Waals surface area contributed by atoms with E-state index >= 15 is 0 Å². The van der Waals surface area contributed by atoms with E-state index in [9.17, 15) is 9.18 Å². The zero-order valence-electron chi connectivity index (χ0n) is 9.33. The molecule has 1 aromatic rings. The molecule has 1 amide bonds. The van der Waals surface area contributed by atoms with Crippen molar-refractivity contribution >= 4 is 11.9 Å². The molecule has 1 aromatic heterocycles. The molecule has 1 rings (SSSR count). The molecule has 88 valence electrons. The number of amides is 1. The summed E-state index contributed by atoms with van der Waals surface area (Å²) in [7, 11) is 0. The van der Waals surface area contributed by atoms with E-state index < -0.39 is 5.82 Å². The maximum Gasteiger partial charge on any atom is 0.222 e. The molecule has 0 aliphatic heterocycles. The Labute approximate surface area is 93.5 Å². The Bertz CT molecular complexity index is 339. The second-order valence-corrected chi connectivity index (χ2v) is 3.62. The van der Waals surface area contributed by atoms with Crippen LogP contribution in [0.15, 0.2) is 12.4 Å². The highest BCUT2D eigenvalue weighted by atomic mass is 19.1. The first-order chi connectivity index (χ1) is 7.58. The number of aromatic nitrogens is 2. The molecule has 0 fully saturated rings. The van der Waals surface area contributed by atoms with Crippen LogP contribution in [-0.2, 0) is 4.79 Å². The van der Waals surface area contributed by atoms with Gasteiger partial charge in [0.05, 0.1) is 12.4 Å². The van der Waals surface area contributed by atoms with Crippen LogP contribution in [-0.4, -0.2) is 28.5 Å². The van der Waals surface area contributed by atoms with Crippen molar-refractivity contribution in [2.45, 2.75) is 26.3 Å². The van der Waals surface area contributed by atoms with Gasteiger partial charge in [0.25, 0.3) is 0 Å². The first-order valence-electron chi connectivity index (χ1n) is 5.08. The van der Waals surface area contributed by atoms with E-state index in [2.05, 4.69) is 20.6 Å². The summed E-state index contributed by atoms with van der Waals surface area (Å²) in [4.78, 5) is 18.7. The van der Waals surface area contributed by atoms with Gasteiger partial charge in [-0.1, -0.05) is 0 Å². The highest BCUT2D eigenvalue weighted by Gasteiger charge is 2.03. The number of nitrogens with one attached hydrogen (secondary N) is 2. The normalized spacial score (nSPS) is 10.2. The Morgan fingerprint density at radius 2 is 2.06 bits per heavy atom. The average molecular weight is 226 g/mol. The second kappa shape index (κ2) is 5.99. The van der Waals surface area contributed by atoms with Gasteiger partial charge in [-0.05, 0) is 13.8 Å². The van der Waals surface area contributed by atoms with E-state index in [0.29, 0.717) is 18.9 Å². The summed E-state index contributed by atoms with van der Waals surface area (Å²) in [6.45, 7) is 4.22. The van der Waals surface area contributed by atoms with Gasteiger partial charge in [0.1, 0.15) is 0 Å².